The average Bonchev–Trinajstić information content (AvgIpc) is 3.23. The summed E-state index contributed by atoms with van der Waals surface area (Å²) in [7, 11) is 1.62. The van der Waals surface area contributed by atoms with Gasteiger partial charge in [-0.05, 0) is 18.6 Å². The molecule has 0 saturated carbocycles. The highest BCUT2D eigenvalue weighted by atomic mass is 16.5. The zero-order valence-electron chi connectivity index (χ0n) is 12.3. The average molecular weight is 302 g/mol. The van der Waals surface area contributed by atoms with Gasteiger partial charge in [0.2, 0.25) is 0 Å². The third-order valence-corrected chi connectivity index (χ3v) is 4.00. The summed E-state index contributed by atoms with van der Waals surface area (Å²) in [4.78, 5) is 18.4. The number of carbonyl (C=O) groups excluding carboxylic acids is 1. The van der Waals surface area contributed by atoms with E-state index in [1.807, 2.05) is 12.1 Å². The van der Waals surface area contributed by atoms with Gasteiger partial charge in [0.1, 0.15) is 6.33 Å². The molecule has 0 unspecified atom stereocenters. The molecule has 1 fully saturated rings. The molecule has 1 aromatic carbocycles. The standard InChI is InChI=1S/C15H18N4O3/c1-22-13-6-12(8-20)19(7-13)15(21)11-4-2-10(3-5-11)14-16-9-17-18-14/h2-5,9,12-13,20H,6-8H2,1H3,(H,16,17,18)/t12-,13-/m0/s1. The molecule has 0 spiro atoms. The van der Waals surface area contributed by atoms with Crippen LogP contribution in [0.3, 0.4) is 0 Å². The van der Waals surface area contributed by atoms with Gasteiger partial charge in [0.05, 0.1) is 18.8 Å². The number of nitrogens with one attached hydrogen (secondary N) is 1. The molecule has 3 rings (SSSR count). The number of benzene rings is 1. The van der Waals surface area contributed by atoms with Crippen molar-refractivity contribution in [2.45, 2.75) is 18.6 Å². The number of methoxy groups -OCH3 is 1. The lowest BCUT2D eigenvalue weighted by atomic mass is 10.1. The van der Waals surface area contributed by atoms with Crippen LogP contribution in [0.25, 0.3) is 11.4 Å². The first-order valence-corrected chi connectivity index (χ1v) is 7.13. The van der Waals surface area contributed by atoms with Crippen molar-refractivity contribution in [2.24, 2.45) is 0 Å². The van der Waals surface area contributed by atoms with Crippen LogP contribution in [0, 0.1) is 0 Å². The predicted octanol–water partition coefficient (Wildman–Crippen LogP) is 0.693. The number of carbonyl (C=O) groups is 1. The number of ether oxygens (including phenoxy) is 1. The molecule has 1 amide bonds. The molecule has 0 aliphatic carbocycles. The maximum atomic E-state index is 12.6. The normalized spacial score (nSPS) is 21.3. The maximum Gasteiger partial charge on any atom is 0.254 e. The van der Waals surface area contributed by atoms with E-state index in [2.05, 4.69) is 15.2 Å². The Morgan fingerprint density at radius 2 is 2.23 bits per heavy atom. The minimum Gasteiger partial charge on any atom is -0.394 e. The number of aliphatic hydroxyl groups is 1. The summed E-state index contributed by atoms with van der Waals surface area (Å²) in [5, 5.41) is 16.0. The molecule has 0 radical (unpaired) electrons. The van der Waals surface area contributed by atoms with Crippen LogP contribution in [0.4, 0.5) is 0 Å². The summed E-state index contributed by atoms with van der Waals surface area (Å²) in [5.41, 5.74) is 1.45. The zero-order chi connectivity index (χ0) is 15.5. The molecular weight excluding hydrogens is 284 g/mol. The van der Waals surface area contributed by atoms with Gasteiger partial charge in [0.25, 0.3) is 5.91 Å². The van der Waals surface area contributed by atoms with Gasteiger partial charge in [0, 0.05) is 24.8 Å². The SMILES string of the molecule is CO[C@H]1C[C@@H](CO)N(C(=O)c2ccc(-c3ncn[nH]3)cc2)C1. The second kappa shape index (κ2) is 6.25. The second-order valence-corrected chi connectivity index (χ2v) is 5.30. The molecule has 7 heteroatoms. The maximum absolute atomic E-state index is 12.6. The first-order valence-electron chi connectivity index (χ1n) is 7.13. The van der Waals surface area contributed by atoms with Crippen LogP contribution < -0.4 is 0 Å². The summed E-state index contributed by atoms with van der Waals surface area (Å²) in [6.07, 6.45) is 2.08. The highest BCUT2D eigenvalue weighted by Crippen LogP contribution is 2.23. The number of amides is 1. The van der Waals surface area contributed by atoms with Crippen molar-refractivity contribution in [1.29, 1.82) is 0 Å². The number of rotatable bonds is 4. The minimum absolute atomic E-state index is 0.0189. The van der Waals surface area contributed by atoms with Gasteiger partial charge in [-0.25, -0.2) is 4.98 Å². The van der Waals surface area contributed by atoms with Crippen LogP contribution in [0.2, 0.25) is 0 Å². The first kappa shape index (κ1) is 14.7. The second-order valence-electron chi connectivity index (χ2n) is 5.30. The van der Waals surface area contributed by atoms with Crippen molar-refractivity contribution >= 4 is 5.91 Å². The van der Waals surface area contributed by atoms with E-state index in [4.69, 9.17) is 4.74 Å². The molecule has 2 heterocycles. The number of hydrogen-bond donors (Lipinski definition) is 2. The lowest BCUT2D eigenvalue weighted by Gasteiger charge is -2.22. The van der Waals surface area contributed by atoms with E-state index in [0.717, 1.165) is 5.56 Å². The van der Waals surface area contributed by atoms with Crippen LogP contribution >= 0.6 is 0 Å². The number of H-pyrrole nitrogens is 1. The molecular formula is C15H18N4O3. The Morgan fingerprint density at radius 1 is 1.45 bits per heavy atom. The minimum atomic E-state index is -0.189. The molecule has 2 aromatic rings. The number of likely N-dealkylation sites (tertiary alicyclic amines) is 1. The lowest BCUT2D eigenvalue weighted by Crippen LogP contribution is -2.38. The van der Waals surface area contributed by atoms with Crippen LogP contribution in [0.1, 0.15) is 16.8 Å². The molecule has 1 aliphatic rings. The highest BCUT2D eigenvalue weighted by Gasteiger charge is 2.35. The third kappa shape index (κ3) is 2.72. The van der Waals surface area contributed by atoms with Crippen molar-refractivity contribution < 1.29 is 14.6 Å². The third-order valence-electron chi connectivity index (χ3n) is 4.00. The Bertz CT molecular complexity index is 627. The first-order chi connectivity index (χ1) is 10.7. The molecule has 1 aromatic heterocycles. The molecule has 22 heavy (non-hydrogen) atoms. The van der Waals surface area contributed by atoms with Crippen molar-refractivity contribution in [2.75, 3.05) is 20.3 Å². The number of aromatic nitrogens is 3. The molecule has 1 aliphatic heterocycles. The fourth-order valence-corrected chi connectivity index (χ4v) is 2.75. The van der Waals surface area contributed by atoms with E-state index in [-0.39, 0.29) is 24.7 Å². The van der Waals surface area contributed by atoms with Gasteiger partial charge in [-0.2, -0.15) is 5.10 Å². The summed E-state index contributed by atoms with van der Waals surface area (Å²) >= 11 is 0. The van der Waals surface area contributed by atoms with Crippen LogP contribution in [0.15, 0.2) is 30.6 Å². The van der Waals surface area contributed by atoms with Gasteiger partial charge in [-0.15, -0.1) is 0 Å². The van der Waals surface area contributed by atoms with Crippen molar-refractivity contribution in [3.05, 3.63) is 36.2 Å². The van der Waals surface area contributed by atoms with Gasteiger partial charge < -0.3 is 14.7 Å². The lowest BCUT2D eigenvalue weighted by molar-refractivity contribution is 0.0648. The largest absolute Gasteiger partial charge is 0.394 e. The molecule has 1 saturated heterocycles. The Hall–Kier alpha value is -2.25. The van der Waals surface area contributed by atoms with Crippen LogP contribution in [0.5, 0.6) is 0 Å². The fraction of sp³-hybridized carbons (Fsp3) is 0.400. The molecule has 2 N–H and O–H groups in total. The molecule has 7 nitrogen and oxygen atoms in total. The zero-order valence-corrected chi connectivity index (χ0v) is 12.3. The summed E-state index contributed by atoms with van der Waals surface area (Å²) < 4.78 is 5.30. The summed E-state index contributed by atoms with van der Waals surface area (Å²) in [5.74, 6) is 0.565. The molecule has 116 valence electrons. The van der Waals surface area contributed by atoms with E-state index >= 15 is 0 Å². The Balaban J connectivity index is 1.77. The Kier molecular flexibility index (Phi) is 4.17. The van der Waals surface area contributed by atoms with Crippen LogP contribution in [-0.2, 0) is 4.74 Å². The van der Waals surface area contributed by atoms with E-state index in [1.54, 1.807) is 24.1 Å². The van der Waals surface area contributed by atoms with Crippen LogP contribution in [-0.4, -0.2) is 63.5 Å². The fourth-order valence-electron chi connectivity index (χ4n) is 2.75. The predicted molar refractivity (Wildman–Crippen MR) is 79.1 cm³/mol. The van der Waals surface area contributed by atoms with Crippen molar-refractivity contribution in [1.82, 2.24) is 20.1 Å². The number of hydrogen-bond acceptors (Lipinski definition) is 5. The van der Waals surface area contributed by atoms with Crippen molar-refractivity contribution in [3.63, 3.8) is 0 Å². The highest BCUT2D eigenvalue weighted by molar-refractivity contribution is 5.95. The van der Waals surface area contributed by atoms with E-state index < -0.39 is 0 Å². The number of aliphatic hydroxyl groups excluding tert-OH is 1. The monoisotopic (exact) mass is 302 g/mol. The Morgan fingerprint density at radius 3 is 2.82 bits per heavy atom. The van der Waals surface area contributed by atoms with Gasteiger partial charge in [0.15, 0.2) is 5.82 Å². The topological polar surface area (TPSA) is 91.3 Å². The van der Waals surface area contributed by atoms with Gasteiger partial charge >= 0.3 is 0 Å². The molecule has 0 bridgehead atoms. The van der Waals surface area contributed by atoms with Gasteiger partial charge in [-0.1, -0.05) is 12.1 Å². The van der Waals surface area contributed by atoms with E-state index in [1.165, 1.54) is 6.33 Å². The number of aromatic amines is 1. The van der Waals surface area contributed by atoms with E-state index in [9.17, 15) is 9.90 Å². The number of nitrogens with zero attached hydrogens (tertiary/aromatic N) is 3. The van der Waals surface area contributed by atoms with E-state index in [0.29, 0.717) is 24.4 Å². The quantitative estimate of drug-likeness (QED) is 0.867. The Labute approximate surface area is 127 Å². The summed E-state index contributed by atoms with van der Waals surface area (Å²) in [6.45, 7) is 0.451. The van der Waals surface area contributed by atoms with Gasteiger partial charge in [-0.3, -0.25) is 9.89 Å². The summed E-state index contributed by atoms with van der Waals surface area (Å²) in [6, 6.07) is 6.98. The molecule has 2 atom stereocenters. The van der Waals surface area contributed by atoms with Crippen molar-refractivity contribution in [3.8, 4) is 11.4 Å². The smallest absolute Gasteiger partial charge is 0.254 e.